The molecule has 6 nitrogen and oxygen atoms in total. The molecule has 1 saturated heterocycles. The molecule has 0 aromatic rings. The molecule has 2 amide bonds. The summed E-state index contributed by atoms with van der Waals surface area (Å²) in [6.07, 6.45) is 4.11. The van der Waals surface area contributed by atoms with Crippen LogP contribution in [0.1, 0.15) is 45.4 Å². The van der Waals surface area contributed by atoms with Gasteiger partial charge in [-0.05, 0) is 31.6 Å². The Morgan fingerprint density at radius 1 is 1.29 bits per heavy atom. The van der Waals surface area contributed by atoms with Crippen LogP contribution >= 0.6 is 0 Å². The molecule has 1 fully saturated rings. The third-order valence-corrected chi connectivity index (χ3v) is 5.29. The number of aliphatic carboxylic acids is 1. The van der Waals surface area contributed by atoms with Crippen molar-refractivity contribution in [2.75, 3.05) is 18.1 Å². The molecule has 0 aliphatic carbocycles. The number of hydrogen-bond donors (Lipinski definition) is 3. The highest BCUT2D eigenvalue weighted by Gasteiger charge is 2.19. The number of carboxylic acid groups (broad SMARTS) is 1. The number of amides is 2. The number of rotatable bonds is 8. The van der Waals surface area contributed by atoms with Crippen LogP contribution in [0.4, 0.5) is 4.79 Å². The second-order valence-electron chi connectivity index (χ2n) is 5.52. The summed E-state index contributed by atoms with van der Waals surface area (Å²) in [6, 6.07) is -0.0579. The van der Waals surface area contributed by atoms with Gasteiger partial charge in [0.2, 0.25) is 0 Å². The summed E-state index contributed by atoms with van der Waals surface area (Å²) in [6.45, 7) is 2.59. The number of carbonyl (C=O) groups is 2. The molecule has 0 aromatic heterocycles. The lowest BCUT2D eigenvalue weighted by Gasteiger charge is -2.23. The van der Waals surface area contributed by atoms with E-state index in [1.54, 1.807) is 0 Å². The quantitative estimate of drug-likeness (QED) is 0.631. The largest absolute Gasteiger partial charge is 0.481 e. The maximum absolute atomic E-state index is 11.7. The van der Waals surface area contributed by atoms with Crippen LogP contribution in [0.15, 0.2) is 0 Å². The number of hydrogen-bond acceptors (Lipinski definition) is 3. The topological polar surface area (TPSA) is 95.5 Å². The lowest BCUT2D eigenvalue weighted by atomic mass is 9.97. The second-order valence-corrected chi connectivity index (χ2v) is 7.21. The zero-order chi connectivity index (χ0) is 15.7. The van der Waals surface area contributed by atoms with Crippen LogP contribution < -0.4 is 10.6 Å². The fourth-order valence-electron chi connectivity index (χ4n) is 2.44. The Morgan fingerprint density at radius 2 is 1.95 bits per heavy atom. The first-order chi connectivity index (χ1) is 10.0. The molecule has 1 unspecified atom stereocenters. The van der Waals surface area contributed by atoms with Gasteiger partial charge in [0.15, 0.2) is 0 Å². The summed E-state index contributed by atoms with van der Waals surface area (Å²) in [5, 5.41) is 14.4. The fraction of sp³-hybridized carbons (Fsp3) is 0.857. The summed E-state index contributed by atoms with van der Waals surface area (Å²) < 4.78 is 11.2. The van der Waals surface area contributed by atoms with E-state index in [1.165, 1.54) is 0 Å². The standard InChI is InChI=1S/C14H26N2O4S/c1-2-11(3-4-13(17)18)5-8-15-14(19)16-12-6-9-21(20)10-7-12/h11-12H,2-10H2,1H3,(H,17,18)(H2,15,16,19). The molecule has 0 saturated carbocycles. The van der Waals surface area contributed by atoms with Gasteiger partial charge in [-0.3, -0.25) is 9.00 Å². The SMILES string of the molecule is CCC(CCNC(=O)NC1CCS(=O)CC1)CCC(=O)O. The summed E-state index contributed by atoms with van der Waals surface area (Å²) in [5.41, 5.74) is 0. The predicted octanol–water partition coefficient (Wildman–Crippen LogP) is 1.48. The van der Waals surface area contributed by atoms with E-state index in [0.717, 1.165) is 25.7 Å². The highest BCUT2D eigenvalue weighted by atomic mass is 32.2. The van der Waals surface area contributed by atoms with E-state index in [0.29, 0.717) is 30.4 Å². The molecule has 0 bridgehead atoms. The van der Waals surface area contributed by atoms with E-state index in [9.17, 15) is 13.8 Å². The summed E-state index contributed by atoms with van der Waals surface area (Å²) in [4.78, 5) is 22.3. The van der Waals surface area contributed by atoms with Gasteiger partial charge in [-0.2, -0.15) is 0 Å². The minimum Gasteiger partial charge on any atom is -0.481 e. The van der Waals surface area contributed by atoms with E-state index in [1.807, 2.05) is 6.92 Å². The van der Waals surface area contributed by atoms with Gasteiger partial charge in [-0.1, -0.05) is 13.3 Å². The van der Waals surface area contributed by atoms with E-state index in [4.69, 9.17) is 5.11 Å². The van der Waals surface area contributed by atoms with Crippen LogP contribution in [0, 0.1) is 5.92 Å². The van der Waals surface area contributed by atoms with E-state index in [2.05, 4.69) is 10.6 Å². The van der Waals surface area contributed by atoms with Gasteiger partial charge in [-0.25, -0.2) is 4.79 Å². The van der Waals surface area contributed by atoms with Gasteiger partial charge < -0.3 is 15.7 Å². The molecule has 122 valence electrons. The Labute approximate surface area is 128 Å². The Balaban J connectivity index is 2.14. The maximum Gasteiger partial charge on any atom is 0.315 e. The fourth-order valence-corrected chi connectivity index (χ4v) is 3.74. The molecule has 1 rings (SSSR count). The van der Waals surface area contributed by atoms with Crippen LogP contribution in [0.2, 0.25) is 0 Å². The molecule has 1 aliphatic heterocycles. The molecule has 7 heteroatoms. The van der Waals surface area contributed by atoms with Crippen molar-refractivity contribution in [1.29, 1.82) is 0 Å². The van der Waals surface area contributed by atoms with Crippen LogP contribution in [-0.2, 0) is 15.6 Å². The third-order valence-electron chi connectivity index (χ3n) is 3.91. The van der Waals surface area contributed by atoms with Crippen LogP contribution in [-0.4, -0.2) is 45.4 Å². The van der Waals surface area contributed by atoms with Crippen molar-refractivity contribution in [3.8, 4) is 0 Å². The zero-order valence-electron chi connectivity index (χ0n) is 12.6. The molecule has 3 N–H and O–H groups in total. The van der Waals surface area contributed by atoms with Gasteiger partial charge in [0, 0.05) is 41.3 Å². The Kier molecular flexibility index (Phi) is 8.34. The van der Waals surface area contributed by atoms with Crippen molar-refractivity contribution in [2.45, 2.75) is 51.5 Å². The Morgan fingerprint density at radius 3 is 2.52 bits per heavy atom. The smallest absolute Gasteiger partial charge is 0.315 e. The summed E-state index contributed by atoms with van der Waals surface area (Å²) in [7, 11) is -0.715. The van der Waals surface area contributed by atoms with Gasteiger partial charge in [0.05, 0.1) is 0 Å². The zero-order valence-corrected chi connectivity index (χ0v) is 13.4. The van der Waals surface area contributed by atoms with Crippen LogP contribution in [0.3, 0.4) is 0 Å². The summed E-state index contributed by atoms with van der Waals surface area (Å²) >= 11 is 0. The number of carboxylic acids is 1. The van der Waals surface area contributed by atoms with Crippen molar-refractivity contribution in [2.24, 2.45) is 5.92 Å². The van der Waals surface area contributed by atoms with Crippen LogP contribution in [0.5, 0.6) is 0 Å². The monoisotopic (exact) mass is 318 g/mol. The normalized spacial score (nSPS) is 23.3. The van der Waals surface area contributed by atoms with Gasteiger partial charge in [-0.15, -0.1) is 0 Å². The number of nitrogens with one attached hydrogen (secondary N) is 2. The van der Waals surface area contributed by atoms with Crippen molar-refractivity contribution in [1.82, 2.24) is 10.6 Å². The first-order valence-electron chi connectivity index (χ1n) is 7.62. The Hall–Kier alpha value is -1.11. The van der Waals surface area contributed by atoms with Crippen molar-refractivity contribution in [3.05, 3.63) is 0 Å². The maximum atomic E-state index is 11.7. The lowest BCUT2D eigenvalue weighted by Crippen LogP contribution is -2.45. The van der Waals surface area contributed by atoms with E-state index >= 15 is 0 Å². The average Bonchev–Trinajstić information content (AvgIpc) is 2.45. The van der Waals surface area contributed by atoms with E-state index in [-0.39, 0.29) is 18.5 Å². The van der Waals surface area contributed by atoms with Crippen LogP contribution in [0.25, 0.3) is 0 Å². The highest BCUT2D eigenvalue weighted by Crippen LogP contribution is 2.14. The first-order valence-corrected chi connectivity index (χ1v) is 9.11. The average molecular weight is 318 g/mol. The molecule has 0 aromatic carbocycles. The molecular weight excluding hydrogens is 292 g/mol. The molecule has 1 heterocycles. The third kappa shape index (κ3) is 8.04. The molecule has 0 radical (unpaired) electrons. The molecule has 1 aliphatic rings. The van der Waals surface area contributed by atoms with Crippen molar-refractivity contribution in [3.63, 3.8) is 0 Å². The number of carbonyl (C=O) groups excluding carboxylic acids is 1. The predicted molar refractivity (Wildman–Crippen MR) is 82.7 cm³/mol. The lowest BCUT2D eigenvalue weighted by molar-refractivity contribution is -0.137. The van der Waals surface area contributed by atoms with Gasteiger partial charge in [0.1, 0.15) is 0 Å². The molecule has 21 heavy (non-hydrogen) atoms. The molecule has 0 spiro atoms. The summed E-state index contributed by atoms with van der Waals surface area (Å²) in [5.74, 6) is 0.892. The highest BCUT2D eigenvalue weighted by molar-refractivity contribution is 7.85. The number of urea groups is 1. The van der Waals surface area contributed by atoms with E-state index < -0.39 is 16.8 Å². The Bertz CT molecular complexity index is 366. The van der Waals surface area contributed by atoms with Gasteiger partial charge >= 0.3 is 12.0 Å². The molecular formula is C14H26N2O4S. The molecule has 1 atom stereocenters. The minimum absolute atomic E-state index is 0.122. The minimum atomic E-state index is -0.770. The second kappa shape index (κ2) is 9.76. The van der Waals surface area contributed by atoms with Gasteiger partial charge in [0.25, 0.3) is 0 Å². The first kappa shape index (κ1) is 17.9. The van der Waals surface area contributed by atoms with Crippen molar-refractivity contribution < 1.29 is 18.9 Å². The van der Waals surface area contributed by atoms with Crippen molar-refractivity contribution >= 4 is 22.8 Å².